The van der Waals surface area contributed by atoms with Gasteiger partial charge in [0.05, 0.1) is 22.6 Å². The number of benzene rings is 1. The molecule has 1 aliphatic heterocycles. The van der Waals surface area contributed by atoms with Crippen LogP contribution in [0.1, 0.15) is 33.1 Å². The monoisotopic (exact) mass is 355 g/mol. The first kappa shape index (κ1) is 17.1. The number of hydrogen-bond acceptors (Lipinski definition) is 5. The molecule has 3 rings (SSSR count). The van der Waals surface area contributed by atoms with Crippen molar-refractivity contribution in [2.75, 3.05) is 20.3 Å². The van der Waals surface area contributed by atoms with Gasteiger partial charge in [0.15, 0.2) is 5.58 Å². The average molecular weight is 356 g/mol. The fourth-order valence-corrected chi connectivity index (χ4v) is 4.15. The van der Waals surface area contributed by atoms with Crippen molar-refractivity contribution >= 4 is 34.5 Å². The minimum absolute atomic E-state index is 0.0603. The third kappa shape index (κ3) is 3.53. The largest absolute Gasteiger partial charge is 0.439 e. The Bertz CT molecular complexity index is 695. The Morgan fingerprint density at radius 3 is 2.83 bits per heavy atom. The molecule has 6 heteroatoms. The summed E-state index contributed by atoms with van der Waals surface area (Å²) in [6.45, 7) is 7.63. The van der Waals surface area contributed by atoms with Crippen LogP contribution in [0.3, 0.4) is 0 Å². The van der Waals surface area contributed by atoms with Crippen LogP contribution in [0.15, 0.2) is 21.4 Å². The average Bonchev–Trinajstić information content (AvgIpc) is 2.95. The minimum atomic E-state index is -0.138. The summed E-state index contributed by atoms with van der Waals surface area (Å²) in [7, 11) is 1.72. The smallest absolute Gasteiger partial charge is 0.200 e. The minimum Gasteiger partial charge on any atom is -0.439 e. The molecule has 1 saturated heterocycles. The molecule has 4 nitrogen and oxygen atoms in total. The molecule has 0 unspecified atom stereocenters. The normalized spacial score (nSPS) is 22.7. The maximum absolute atomic E-state index is 6.46. The van der Waals surface area contributed by atoms with Crippen molar-refractivity contribution in [3.05, 3.63) is 23.0 Å². The molecular formula is C17H22ClNO3S. The van der Waals surface area contributed by atoms with E-state index in [1.54, 1.807) is 18.9 Å². The van der Waals surface area contributed by atoms with Gasteiger partial charge in [-0.2, -0.15) is 0 Å². The van der Waals surface area contributed by atoms with E-state index in [9.17, 15) is 0 Å². The number of thioether (sulfide) groups is 1. The molecule has 1 aromatic heterocycles. The molecule has 126 valence electrons. The molecule has 0 N–H and O–H groups in total. The fraction of sp³-hybridized carbons (Fsp3) is 0.588. The number of ether oxygens (including phenoxy) is 2. The standard InChI is InChI=1S/C17H22ClNO3S/c1-17(2,3)16-19-11-6-5-10(18)15(14(11)22-16)23-13-7-8-21-9-12(13)20-4/h5-6,12-13H,7-9H2,1-4H3/t12-,13+/m1/s1. The molecule has 0 aliphatic carbocycles. The van der Waals surface area contributed by atoms with Gasteiger partial charge in [-0.25, -0.2) is 4.98 Å². The molecule has 1 aromatic carbocycles. The highest BCUT2D eigenvalue weighted by molar-refractivity contribution is 8.00. The lowest BCUT2D eigenvalue weighted by Crippen LogP contribution is -2.36. The summed E-state index contributed by atoms with van der Waals surface area (Å²) in [5.41, 5.74) is 1.48. The number of oxazole rings is 1. The molecule has 0 amide bonds. The third-order valence-corrected chi connectivity index (χ3v) is 5.83. The molecule has 1 aliphatic rings. The summed E-state index contributed by atoms with van der Waals surface area (Å²) in [6.07, 6.45) is 0.987. The lowest BCUT2D eigenvalue weighted by molar-refractivity contribution is -0.0246. The molecule has 0 radical (unpaired) electrons. The number of nitrogens with zero attached hydrogens (tertiary/aromatic N) is 1. The van der Waals surface area contributed by atoms with Crippen LogP contribution in [0.2, 0.25) is 5.02 Å². The van der Waals surface area contributed by atoms with Crippen molar-refractivity contribution in [1.29, 1.82) is 0 Å². The van der Waals surface area contributed by atoms with E-state index in [2.05, 4.69) is 25.8 Å². The van der Waals surface area contributed by atoms with Crippen LogP contribution < -0.4 is 0 Å². The highest BCUT2D eigenvalue weighted by Gasteiger charge is 2.29. The lowest BCUT2D eigenvalue weighted by Gasteiger charge is -2.30. The molecule has 2 aromatic rings. The third-order valence-electron chi connectivity index (χ3n) is 3.92. The van der Waals surface area contributed by atoms with Crippen molar-refractivity contribution in [1.82, 2.24) is 4.98 Å². The summed E-state index contributed by atoms with van der Waals surface area (Å²) in [5.74, 6) is 0.729. The quantitative estimate of drug-likeness (QED) is 0.800. The first-order valence-corrected chi connectivity index (χ1v) is 9.02. The first-order valence-electron chi connectivity index (χ1n) is 7.77. The number of methoxy groups -OCH3 is 1. The second kappa shape index (κ2) is 6.63. The fourth-order valence-electron chi connectivity index (χ4n) is 2.57. The van der Waals surface area contributed by atoms with E-state index in [4.69, 9.17) is 25.5 Å². The Hall–Kier alpha value is -0.750. The van der Waals surface area contributed by atoms with Crippen LogP contribution in [0.4, 0.5) is 0 Å². The predicted octanol–water partition coefficient (Wildman–Crippen LogP) is 4.67. The Balaban J connectivity index is 1.98. The second-order valence-corrected chi connectivity index (χ2v) is 8.44. The van der Waals surface area contributed by atoms with Gasteiger partial charge in [-0.1, -0.05) is 32.4 Å². The van der Waals surface area contributed by atoms with Crippen molar-refractivity contribution < 1.29 is 13.9 Å². The van der Waals surface area contributed by atoms with E-state index in [0.29, 0.717) is 16.9 Å². The molecule has 23 heavy (non-hydrogen) atoms. The highest BCUT2D eigenvalue weighted by atomic mass is 35.5. The van der Waals surface area contributed by atoms with E-state index < -0.39 is 0 Å². The van der Waals surface area contributed by atoms with Crippen LogP contribution in [-0.2, 0) is 14.9 Å². The van der Waals surface area contributed by atoms with Gasteiger partial charge in [0.2, 0.25) is 5.89 Å². The molecule has 0 bridgehead atoms. The number of halogens is 1. The summed E-state index contributed by atoms with van der Waals surface area (Å²) in [4.78, 5) is 5.57. The lowest BCUT2D eigenvalue weighted by atomic mass is 9.97. The van der Waals surface area contributed by atoms with E-state index in [1.165, 1.54) is 0 Å². The van der Waals surface area contributed by atoms with Crippen LogP contribution in [-0.4, -0.2) is 36.7 Å². The Morgan fingerprint density at radius 1 is 1.35 bits per heavy atom. The SMILES string of the molecule is CO[C@@H]1COCC[C@@H]1Sc1c(Cl)ccc2nc(C(C)(C)C)oc12. The number of rotatable bonds is 3. The summed E-state index contributed by atoms with van der Waals surface area (Å²) < 4.78 is 17.1. The number of hydrogen-bond donors (Lipinski definition) is 0. The van der Waals surface area contributed by atoms with Crippen LogP contribution in [0.25, 0.3) is 11.1 Å². The van der Waals surface area contributed by atoms with Gasteiger partial charge < -0.3 is 13.9 Å². The van der Waals surface area contributed by atoms with Crippen LogP contribution >= 0.6 is 23.4 Å². The van der Waals surface area contributed by atoms with Crippen molar-refractivity contribution in [3.8, 4) is 0 Å². The van der Waals surface area contributed by atoms with Crippen molar-refractivity contribution in [2.45, 2.75) is 48.9 Å². The number of aromatic nitrogens is 1. The molecule has 2 atom stereocenters. The van der Waals surface area contributed by atoms with Gasteiger partial charge in [0.1, 0.15) is 5.52 Å². The first-order chi connectivity index (χ1) is 10.9. The molecule has 0 spiro atoms. The topological polar surface area (TPSA) is 44.5 Å². The van der Waals surface area contributed by atoms with E-state index in [-0.39, 0.29) is 11.5 Å². The van der Waals surface area contributed by atoms with Crippen molar-refractivity contribution in [2.24, 2.45) is 0 Å². The summed E-state index contributed by atoms with van der Waals surface area (Å²) >= 11 is 8.16. The molecule has 1 fully saturated rings. The van der Waals surface area contributed by atoms with Gasteiger partial charge in [0, 0.05) is 24.4 Å². The van der Waals surface area contributed by atoms with Crippen LogP contribution in [0, 0.1) is 0 Å². The van der Waals surface area contributed by atoms with Crippen molar-refractivity contribution in [3.63, 3.8) is 0 Å². The zero-order chi connectivity index (χ0) is 16.6. The van der Waals surface area contributed by atoms with Crippen LogP contribution in [0.5, 0.6) is 0 Å². The second-order valence-electron chi connectivity index (χ2n) is 6.79. The van der Waals surface area contributed by atoms with Gasteiger partial charge in [0.25, 0.3) is 0 Å². The maximum atomic E-state index is 6.46. The number of fused-ring (bicyclic) bond motifs is 1. The predicted molar refractivity (Wildman–Crippen MR) is 93.6 cm³/mol. The summed E-state index contributed by atoms with van der Waals surface area (Å²) in [5, 5.41) is 0.987. The Labute approximate surface area is 145 Å². The zero-order valence-corrected chi connectivity index (χ0v) is 15.5. The Kier molecular flexibility index (Phi) is 4.93. The van der Waals surface area contributed by atoms with E-state index in [0.717, 1.165) is 34.9 Å². The van der Waals surface area contributed by atoms with E-state index >= 15 is 0 Å². The summed E-state index contributed by atoms with van der Waals surface area (Å²) in [6, 6.07) is 3.81. The molecule has 2 heterocycles. The maximum Gasteiger partial charge on any atom is 0.200 e. The van der Waals surface area contributed by atoms with Gasteiger partial charge in [-0.05, 0) is 18.6 Å². The van der Waals surface area contributed by atoms with Gasteiger partial charge >= 0.3 is 0 Å². The van der Waals surface area contributed by atoms with E-state index in [1.807, 2.05) is 12.1 Å². The highest BCUT2D eigenvalue weighted by Crippen LogP contribution is 2.41. The van der Waals surface area contributed by atoms with Gasteiger partial charge in [-0.15, -0.1) is 11.8 Å². The molecular weight excluding hydrogens is 334 g/mol. The zero-order valence-electron chi connectivity index (χ0n) is 13.9. The molecule has 0 saturated carbocycles. The Morgan fingerprint density at radius 2 is 2.13 bits per heavy atom. The van der Waals surface area contributed by atoms with Gasteiger partial charge in [-0.3, -0.25) is 0 Å².